The van der Waals surface area contributed by atoms with Crippen molar-refractivity contribution in [2.45, 2.75) is 6.42 Å². The van der Waals surface area contributed by atoms with Gasteiger partial charge in [0.05, 0.1) is 5.92 Å². The second-order valence-corrected chi connectivity index (χ2v) is 6.82. The average molecular weight is 417 g/mol. The van der Waals surface area contributed by atoms with E-state index in [0.29, 0.717) is 5.69 Å². The fourth-order valence-electron chi connectivity index (χ4n) is 2.71. The fourth-order valence-corrected chi connectivity index (χ4v) is 2.97. The molecule has 3 rings (SSSR count). The molecule has 0 aliphatic carbocycles. The molecule has 134 valence electrons. The van der Waals surface area contributed by atoms with E-state index in [1.54, 1.807) is 29.2 Å². The first-order chi connectivity index (χ1) is 12.5. The number of amides is 2. The summed E-state index contributed by atoms with van der Waals surface area (Å²) in [5, 5.41) is 2.64. The number of esters is 1. The van der Waals surface area contributed by atoms with Crippen LogP contribution >= 0.6 is 15.9 Å². The van der Waals surface area contributed by atoms with E-state index in [-0.39, 0.29) is 25.5 Å². The maximum Gasteiger partial charge on any atom is 0.311 e. The number of ether oxygens (including phenoxy) is 1. The lowest BCUT2D eigenvalue weighted by Gasteiger charge is -2.16. The molecule has 2 amide bonds. The Morgan fingerprint density at radius 2 is 1.81 bits per heavy atom. The number of benzene rings is 2. The van der Waals surface area contributed by atoms with Crippen molar-refractivity contribution in [1.29, 1.82) is 0 Å². The Hall–Kier alpha value is -2.67. The SMILES string of the molecule is O=C(COC(=O)[C@H]1CC(=O)N(c2ccc(Br)cc2)C1)Nc1ccccc1. The highest BCUT2D eigenvalue weighted by atomic mass is 79.9. The molecule has 1 aliphatic rings. The van der Waals surface area contributed by atoms with Gasteiger partial charge in [-0.05, 0) is 36.4 Å². The summed E-state index contributed by atoms with van der Waals surface area (Å²) >= 11 is 3.35. The van der Waals surface area contributed by atoms with Crippen LogP contribution in [0.15, 0.2) is 59.1 Å². The van der Waals surface area contributed by atoms with E-state index in [1.165, 1.54) is 0 Å². The van der Waals surface area contributed by atoms with Gasteiger partial charge in [0, 0.05) is 28.8 Å². The van der Waals surface area contributed by atoms with Crippen LogP contribution in [-0.4, -0.2) is 30.9 Å². The quantitative estimate of drug-likeness (QED) is 0.760. The summed E-state index contributed by atoms with van der Waals surface area (Å²) in [4.78, 5) is 37.8. The number of nitrogens with zero attached hydrogens (tertiary/aromatic N) is 1. The number of para-hydroxylation sites is 1. The van der Waals surface area contributed by atoms with Gasteiger partial charge in [-0.1, -0.05) is 34.1 Å². The van der Waals surface area contributed by atoms with Crippen molar-refractivity contribution in [2.24, 2.45) is 5.92 Å². The zero-order valence-corrected chi connectivity index (χ0v) is 15.4. The fraction of sp³-hybridized carbons (Fsp3) is 0.211. The standard InChI is InChI=1S/C19H17BrN2O4/c20-14-6-8-16(9-7-14)22-11-13(10-18(22)24)19(25)26-12-17(23)21-15-4-2-1-3-5-15/h1-9,13H,10-12H2,(H,21,23)/t13-/m0/s1. The third-order valence-corrected chi connectivity index (χ3v) is 4.53. The molecular weight excluding hydrogens is 400 g/mol. The normalized spacial score (nSPS) is 16.4. The highest BCUT2D eigenvalue weighted by molar-refractivity contribution is 9.10. The molecule has 0 spiro atoms. The van der Waals surface area contributed by atoms with Crippen molar-refractivity contribution in [3.63, 3.8) is 0 Å². The van der Waals surface area contributed by atoms with Gasteiger partial charge >= 0.3 is 5.97 Å². The van der Waals surface area contributed by atoms with E-state index in [0.717, 1.165) is 10.2 Å². The number of anilines is 2. The molecule has 2 aromatic rings. The van der Waals surface area contributed by atoms with Crippen LogP contribution in [0.25, 0.3) is 0 Å². The zero-order chi connectivity index (χ0) is 18.5. The van der Waals surface area contributed by atoms with Crippen LogP contribution in [0.3, 0.4) is 0 Å². The van der Waals surface area contributed by atoms with Crippen molar-refractivity contribution in [3.8, 4) is 0 Å². The maximum absolute atomic E-state index is 12.2. The highest BCUT2D eigenvalue weighted by Crippen LogP contribution is 2.27. The molecule has 0 aromatic heterocycles. The predicted octanol–water partition coefficient (Wildman–Crippen LogP) is 2.98. The molecule has 7 heteroatoms. The van der Waals surface area contributed by atoms with Crippen molar-refractivity contribution < 1.29 is 19.1 Å². The summed E-state index contributed by atoms with van der Waals surface area (Å²) in [6, 6.07) is 16.2. The zero-order valence-electron chi connectivity index (χ0n) is 13.9. The first kappa shape index (κ1) is 18.1. The van der Waals surface area contributed by atoms with E-state index in [9.17, 15) is 14.4 Å². The van der Waals surface area contributed by atoms with Gasteiger partial charge < -0.3 is 15.0 Å². The Balaban J connectivity index is 1.51. The molecule has 2 aromatic carbocycles. The lowest BCUT2D eigenvalue weighted by Crippen LogP contribution is -2.28. The van der Waals surface area contributed by atoms with E-state index in [2.05, 4.69) is 21.2 Å². The van der Waals surface area contributed by atoms with Crippen LogP contribution in [0.1, 0.15) is 6.42 Å². The molecule has 26 heavy (non-hydrogen) atoms. The first-order valence-corrected chi connectivity index (χ1v) is 8.89. The molecular formula is C19H17BrN2O4. The molecule has 1 fully saturated rings. The van der Waals surface area contributed by atoms with Crippen LogP contribution in [0.4, 0.5) is 11.4 Å². The average Bonchev–Trinajstić information content (AvgIpc) is 3.03. The Morgan fingerprint density at radius 3 is 2.50 bits per heavy atom. The number of nitrogens with one attached hydrogen (secondary N) is 1. The molecule has 1 N–H and O–H groups in total. The molecule has 1 aliphatic heterocycles. The molecule has 1 saturated heterocycles. The number of carbonyl (C=O) groups excluding carboxylic acids is 3. The van der Waals surface area contributed by atoms with E-state index < -0.39 is 17.8 Å². The number of halogens is 1. The van der Waals surface area contributed by atoms with E-state index >= 15 is 0 Å². The lowest BCUT2D eigenvalue weighted by molar-refractivity contribution is -0.151. The molecule has 0 radical (unpaired) electrons. The van der Waals surface area contributed by atoms with Crippen molar-refractivity contribution >= 4 is 45.1 Å². The Kier molecular flexibility index (Phi) is 5.68. The summed E-state index contributed by atoms with van der Waals surface area (Å²) in [6.07, 6.45) is 0.0786. The smallest absolute Gasteiger partial charge is 0.311 e. The summed E-state index contributed by atoms with van der Waals surface area (Å²) in [7, 11) is 0. The minimum Gasteiger partial charge on any atom is -0.455 e. The second kappa shape index (κ2) is 8.14. The Bertz CT molecular complexity index is 808. The van der Waals surface area contributed by atoms with E-state index in [1.807, 2.05) is 30.3 Å². The minimum atomic E-state index is -0.573. The van der Waals surface area contributed by atoms with Crippen LogP contribution in [0.5, 0.6) is 0 Å². The van der Waals surface area contributed by atoms with Crippen LogP contribution in [0.2, 0.25) is 0 Å². The number of carbonyl (C=O) groups is 3. The molecule has 1 heterocycles. The van der Waals surface area contributed by atoms with E-state index in [4.69, 9.17) is 4.74 Å². The number of hydrogen-bond acceptors (Lipinski definition) is 4. The first-order valence-electron chi connectivity index (χ1n) is 8.10. The van der Waals surface area contributed by atoms with Gasteiger partial charge in [-0.3, -0.25) is 14.4 Å². The summed E-state index contributed by atoms with van der Waals surface area (Å²) in [5.74, 6) is -1.67. The maximum atomic E-state index is 12.2. The monoisotopic (exact) mass is 416 g/mol. The molecule has 0 saturated carbocycles. The molecule has 0 unspecified atom stereocenters. The second-order valence-electron chi connectivity index (χ2n) is 5.90. The Morgan fingerprint density at radius 1 is 1.12 bits per heavy atom. The minimum absolute atomic E-state index is 0.0786. The number of hydrogen-bond donors (Lipinski definition) is 1. The van der Waals surface area contributed by atoms with Gasteiger partial charge in [0.15, 0.2) is 6.61 Å². The van der Waals surface area contributed by atoms with Crippen LogP contribution in [-0.2, 0) is 19.1 Å². The molecule has 1 atom stereocenters. The topological polar surface area (TPSA) is 75.7 Å². The van der Waals surface area contributed by atoms with Crippen LogP contribution in [0, 0.1) is 5.92 Å². The summed E-state index contributed by atoms with van der Waals surface area (Å²) in [5.41, 5.74) is 1.36. The molecule has 6 nitrogen and oxygen atoms in total. The van der Waals surface area contributed by atoms with Crippen molar-refractivity contribution in [3.05, 3.63) is 59.1 Å². The van der Waals surface area contributed by atoms with Gasteiger partial charge in [-0.25, -0.2) is 0 Å². The Labute approximate surface area is 159 Å². The van der Waals surface area contributed by atoms with Crippen molar-refractivity contribution in [1.82, 2.24) is 0 Å². The summed E-state index contributed by atoms with van der Waals surface area (Å²) < 4.78 is 5.98. The molecule has 0 bridgehead atoms. The van der Waals surface area contributed by atoms with Crippen molar-refractivity contribution in [2.75, 3.05) is 23.4 Å². The largest absolute Gasteiger partial charge is 0.455 e. The highest BCUT2D eigenvalue weighted by Gasteiger charge is 2.36. The third-order valence-electron chi connectivity index (χ3n) is 4.00. The number of rotatable bonds is 5. The lowest BCUT2D eigenvalue weighted by atomic mass is 10.1. The van der Waals surface area contributed by atoms with Gasteiger partial charge in [0.2, 0.25) is 5.91 Å². The third kappa shape index (κ3) is 4.49. The van der Waals surface area contributed by atoms with Gasteiger partial charge in [0.1, 0.15) is 0 Å². The van der Waals surface area contributed by atoms with Gasteiger partial charge in [-0.2, -0.15) is 0 Å². The summed E-state index contributed by atoms with van der Waals surface area (Å²) in [6.45, 7) is -0.129. The predicted molar refractivity (Wildman–Crippen MR) is 101 cm³/mol. The van der Waals surface area contributed by atoms with Crippen LogP contribution < -0.4 is 10.2 Å². The van der Waals surface area contributed by atoms with Gasteiger partial charge in [-0.15, -0.1) is 0 Å². The van der Waals surface area contributed by atoms with Gasteiger partial charge in [0.25, 0.3) is 5.91 Å².